The first-order valence-electron chi connectivity index (χ1n) is 17.1. The molecule has 0 spiro atoms. The summed E-state index contributed by atoms with van der Waals surface area (Å²) >= 11 is 0. The van der Waals surface area contributed by atoms with Gasteiger partial charge in [-0.25, -0.2) is 15.0 Å². The van der Waals surface area contributed by atoms with E-state index in [0.29, 0.717) is 17.5 Å². The van der Waals surface area contributed by atoms with E-state index in [4.69, 9.17) is 19.4 Å². The van der Waals surface area contributed by atoms with Gasteiger partial charge in [0.25, 0.3) is 0 Å². The van der Waals surface area contributed by atoms with Crippen LogP contribution in [0.25, 0.3) is 99.9 Å². The zero-order valence-electron chi connectivity index (χ0n) is 27.5. The minimum Gasteiger partial charge on any atom is -0.456 e. The average Bonchev–Trinajstić information content (AvgIpc) is 3.59. The van der Waals surface area contributed by atoms with Crippen LogP contribution in [0.1, 0.15) is 0 Å². The fourth-order valence-corrected chi connectivity index (χ4v) is 7.35. The summed E-state index contributed by atoms with van der Waals surface area (Å²) in [6.07, 6.45) is 0. The molecule has 51 heavy (non-hydrogen) atoms. The van der Waals surface area contributed by atoms with Gasteiger partial charge in [0.15, 0.2) is 17.5 Å². The van der Waals surface area contributed by atoms with E-state index in [0.717, 1.165) is 55.0 Å². The van der Waals surface area contributed by atoms with E-state index >= 15 is 0 Å². The topological polar surface area (TPSA) is 51.8 Å². The highest BCUT2D eigenvalue weighted by Crippen LogP contribution is 2.40. The van der Waals surface area contributed by atoms with Crippen molar-refractivity contribution in [2.24, 2.45) is 0 Å². The molecule has 0 saturated carbocycles. The Labute approximate surface area is 294 Å². The summed E-state index contributed by atoms with van der Waals surface area (Å²) in [5.41, 5.74) is 9.17. The maximum absolute atomic E-state index is 6.25. The molecule has 0 aliphatic rings. The third-order valence-corrected chi connectivity index (χ3v) is 9.75. The molecule has 2 aromatic heterocycles. The summed E-state index contributed by atoms with van der Waals surface area (Å²) in [4.78, 5) is 15.4. The molecule has 2 heterocycles. The number of rotatable bonds is 5. The summed E-state index contributed by atoms with van der Waals surface area (Å²) in [6.45, 7) is 0. The van der Waals surface area contributed by atoms with Crippen LogP contribution in [0.4, 0.5) is 0 Å². The molecule has 0 aliphatic heterocycles. The van der Waals surface area contributed by atoms with Gasteiger partial charge in [0.2, 0.25) is 0 Å². The maximum Gasteiger partial charge on any atom is 0.164 e. The lowest BCUT2D eigenvalue weighted by atomic mass is 9.91. The van der Waals surface area contributed by atoms with Gasteiger partial charge < -0.3 is 4.42 Å². The Balaban J connectivity index is 1.19. The Morgan fingerprint density at radius 1 is 0.314 bits per heavy atom. The van der Waals surface area contributed by atoms with Crippen molar-refractivity contribution in [1.29, 1.82) is 0 Å². The molecule has 8 aromatic carbocycles. The highest BCUT2D eigenvalue weighted by molar-refractivity contribution is 6.12. The van der Waals surface area contributed by atoms with Crippen molar-refractivity contribution in [1.82, 2.24) is 15.0 Å². The quantitative estimate of drug-likeness (QED) is 0.186. The smallest absolute Gasteiger partial charge is 0.164 e. The molecule has 0 aliphatic carbocycles. The average molecular weight is 652 g/mol. The molecule has 0 unspecified atom stereocenters. The molecule has 0 radical (unpaired) electrons. The second-order valence-electron chi connectivity index (χ2n) is 12.8. The van der Waals surface area contributed by atoms with Crippen LogP contribution in [0.2, 0.25) is 0 Å². The van der Waals surface area contributed by atoms with Crippen molar-refractivity contribution in [3.05, 3.63) is 176 Å². The molecule has 10 aromatic rings. The summed E-state index contributed by atoms with van der Waals surface area (Å²) in [5.74, 6) is 1.85. The van der Waals surface area contributed by atoms with E-state index in [1.807, 2.05) is 60.7 Å². The highest BCUT2D eigenvalue weighted by atomic mass is 16.3. The number of aromatic nitrogens is 3. The number of hydrogen-bond acceptors (Lipinski definition) is 4. The van der Waals surface area contributed by atoms with E-state index in [9.17, 15) is 0 Å². The number of hydrogen-bond donors (Lipinski definition) is 0. The number of benzene rings is 8. The molecule has 238 valence electrons. The monoisotopic (exact) mass is 651 g/mol. The minimum absolute atomic E-state index is 0.603. The van der Waals surface area contributed by atoms with Gasteiger partial charge in [0.1, 0.15) is 11.2 Å². The van der Waals surface area contributed by atoms with Crippen LogP contribution >= 0.6 is 0 Å². The van der Waals surface area contributed by atoms with Crippen LogP contribution in [0.3, 0.4) is 0 Å². The number of nitrogens with zero attached hydrogens (tertiary/aromatic N) is 3. The van der Waals surface area contributed by atoms with Gasteiger partial charge in [0.05, 0.1) is 0 Å². The largest absolute Gasteiger partial charge is 0.456 e. The summed E-state index contributed by atoms with van der Waals surface area (Å²) in [5, 5.41) is 6.66. The Bertz CT molecular complexity index is 2910. The zero-order chi connectivity index (χ0) is 33.7. The van der Waals surface area contributed by atoms with Crippen LogP contribution in [-0.2, 0) is 0 Å². The standard InChI is InChI=1S/C47H29N3O/c1-3-13-30(14-4-1)33-28-27-31-17-9-19-37(41(31)29-33)35-20-10-22-36-34(35)21-11-23-38(36)46-48-45(32-15-5-2-6-16-32)49-47(50-46)40-24-12-26-43-44(40)39-18-7-8-25-42(39)51-43/h1-29H. The Kier molecular flexibility index (Phi) is 6.78. The maximum atomic E-state index is 6.25. The molecular formula is C47H29N3O. The molecule has 0 N–H and O–H groups in total. The Hall–Kier alpha value is -6.91. The highest BCUT2D eigenvalue weighted by Gasteiger charge is 2.19. The van der Waals surface area contributed by atoms with Gasteiger partial charge in [-0.2, -0.15) is 0 Å². The molecule has 0 saturated heterocycles. The number of para-hydroxylation sites is 1. The van der Waals surface area contributed by atoms with Gasteiger partial charge in [-0.3, -0.25) is 0 Å². The lowest BCUT2D eigenvalue weighted by Gasteiger charge is -2.14. The molecule has 0 bridgehead atoms. The van der Waals surface area contributed by atoms with Gasteiger partial charge >= 0.3 is 0 Å². The predicted molar refractivity (Wildman–Crippen MR) is 209 cm³/mol. The number of fused-ring (bicyclic) bond motifs is 5. The Morgan fingerprint density at radius 3 is 1.67 bits per heavy atom. The second-order valence-corrected chi connectivity index (χ2v) is 12.8. The fourth-order valence-electron chi connectivity index (χ4n) is 7.35. The van der Waals surface area contributed by atoms with Crippen LogP contribution < -0.4 is 0 Å². The van der Waals surface area contributed by atoms with Crippen molar-refractivity contribution in [2.45, 2.75) is 0 Å². The minimum atomic E-state index is 0.603. The fraction of sp³-hybridized carbons (Fsp3) is 0. The van der Waals surface area contributed by atoms with E-state index in [-0.39, 0.29) is 0 Å². The predicted octanol–water partition coefficient (Wildman–Crippen LogP) is 12.4. The van der Waals surface area contributed by atoms with Gasteiger partial charge in [-0.15, -0.1) is 0 Å². The molecule has 4 nitrogen and oxygen atoms in total. The third-order valence-electron chi connectivity index (χ3n) is 9.75. The van der Waals surface area contributed by atoms with Crippen molar-refractivity contribution in [3.63, 3.8) is 0 Å². The van der Waals surface area contributed by atoms with E-state index < -0.39 is 0 Å². The summed E-state index contributed by atoms with van der Waals surface area (Å²) in [6, 6.07) is 61.1. The van der Waals surface area contributed by atoms with Crippen molar-refractivity contribution >= 4 is 43.5 Å². The normalized spacial score (nSPS) is 11.5. The lowest BCUT2D eigenvalue weighted by Crippen LogP contribution is -2.01. The zero-order valence-corrected chi connectivity index (χ0v) is 27.5. The summed E-state index contributed by atoms with van der Waals surface area (Å²) < 4.78 is 6.25. The SMILES string of the molecule is c1ccc(-c2ccc3cccc(-c4cccc5c(-c6nc(-c7ccccc7)nc(-c7cccc8oc9ccccc9c78)n6)cccc45)c3c2)cc1. The molecule has 0 fully saturated rings. The molecule has 0 amide bonds. The molecule has 0 atom stereocenters. The number of furan rings is 1. The molecule has 10 rings (SSSR count). The molecule has 4 heteroatoms. The first-order chi connectivity index (χ1) is 25.3. The lowest BCUT2D eigenvalue weighted by molar-refractivity contribution is 0.669. The van der Waals surface area contributed by atoms with Gasteiger partial charge in [-0.05, 0) is 62.0 Å². The van der Waals surface area contributed by atoms with Gasteiger partial charge in [0, 0.05) is 27.5 Å². The van der Waals surface area contributed by atoms with Crippen molar-refractivity contribution in [3.8, 4) is 56.4 Å². The van der Waals surface area contributed by atoms with E-state index in [1.54, 1.807) is 0 Å². The van der Waals surface area contributed by atoms with Crippen LogP contribution in [0.5, 0.6) is 0 Å². The van der Waals surface area contributed by atoms with Crippen molar-refractivity contribution in [2.75, 3.05) is 0 Å². The van der Waals surface area contributed by atoms with Crippen LogP contribution in [0, 0.1) is 0 Å². The Morgan fingerprint density at radius 2 is 0.863 bits per heavy atom. The first kappa shape index (κ1) is 29.0. The second kappa shape index (κ2) is 11.9. The first-order valence-corrected chi connectivity index (χ1v) is 17.1. The third kappa shape index (κ3) is 4.96. The van der Waals surface area contributed by atoms with Crippen LogP contribution in [0.15, 0.2) is 180 Å². The van der Waals surface area contributed by atoms with Gasteiger partial charge in [-0.1, -0.05) is 158 Å². The summed E-state index contributed by atoms with van der Waals surface area (Å²) in [7, 11) is 0. The van der Waals surface area contributed by atoms with E-state index in [2.05, 4.69) is 115 Å². The molecular weight excluding hydrogens is 623 g/mol. The van der Waals surface area contributed by atoms with Crippen molar-refractivity contribution < 1.29 is 4.42 Å². The van der Waals surface area contributed by atoms with Crippen LogP contribution in [-0.4, -0.2) is 15.0 Å². The van der Waals surface area contributed by atoms with E-state index in [1.165, 1.54) is 27.5 Å².